The minimum absolute atomic E-state index is 0.211. The average molecular weight is 302 g/mol. The average Bonchev–Trinajstić information content (AvgIpc) is 2.54. The molecule has 0 heterocycles. The number of methoxy groups -OCH3 is 1. The second-order valence-corrected chi connectivity index (χ2v) is 4.39. The number of hydrogen-bond acceptors (Lipinski definition) is 7. The molecular weight excluding hydrogens is 290 g/mol. The number of carbonyl (C=O) groups excluding carboxylic acids is 2. The number of nitrogens with zero attached hydrogens (tertiary/aromatic N) is 1. The second kappa shape index (κ2) is 6.25. The molecule has 0 amide bonds. The predicted octanol–water partition coefficient (Wildman–Crippen LogP) is 1.61. The number of aldehydes is 1. The van der Waals surface area contributed by atoms with Crippen molar-refractivity contribution in [1.29, 1.82) is 0 Å². The SMILES string of the molecule is COC(=O)c1ccc(-c2cc(C=O)c([O-])c(N(O)O)c2)cc1. The van der Waals surface area contributed by atoms with Crippen LogP contribution in [0.3, 0.4) is 0 Å². The maximum atomic E-state index is 11.8. The molecule has 0 aromatic heterocycles. The van der Waals surface area contributed by atoms with Crippen LogP contribution < -0.4 is 10.3 Å². The normalized spacial score (nSPS) is 10.1. The predicted molar refractivity (Wildman–Crippen MR) is 74.1 cm³/mol. The van der Waals surface area contributed by atoms with Crippen molar-refractivity contribution in [1.82, 2.24) is 0 Å². The first-order valence-electron chi connectivity index (χ1n) is 6.14. The molecule has 0 unspecified atom stereocenters. The van der Waals surface area contributed by atoms with Crippen molar-refractivity contribution >= 4 is 17.9 Å². The summed E-state index contributed by atoms with van der Waals surface area (Å²) in [5.74, 6) is -1.29. The van der Waals surface area contributed by atoms with Crippen molar-refractivity contribution in [3.05, 3.63) is 47.5 Å². The molecule has 7 heteroatoms. The largest absolute Gasteiger partial charge is 0.870 e. The highest BCUT2D eigenvalue weighted by molar-refractivity contribution is 5.91. The summed E-state index contributed by atoms with van der Waals surface area (Å²) in [6, 6.07) is 8.76. The van der Waals surface area contributed by atoms with Crippen LogP contribution in [0.1, 0.15) is 20.7 Å². The van der Waals surface area contributed by atoms with E-state index in [-0.39, 0.29) is 10.8 Å². The van der Waals surface area contributed by atoms with E-state index >= 15 is 0 Å². The van der Waals surface area contributed by atoms with Gasteiger partial charge in [-0.2, -0.15) is 0 Å². The summed E-state index contributed by atoms with van der Waals surface area (Å²) in [5, 5.41) is 29.5. The first-order valence-corrected chi connectivity index (χ1v) is 6.14. The number of benzene rings is 2. The molecule has 22 heavy (non-hydrogen) atoms. The molecule has 2 N–H and O–H groups in total. The highest BCUT2D eigenvalue weighted by Crippen LogP contribution is 2.32. The highest BCUT2D eigenvalue weighted by atomic mass is 16.8. The van der Waals surface area contributed by atoms with Gasteiger partial charge in [-0.05, 0) is 35.4 Å². The Hall–Kier alpha value is -2.90. The van der Waals surface area contributed by atoms with Crippen molar-refractivity contribution in [2.24, 2.45) is 0 Å². The van der Waals surface area contributed by atoms with Crippen LogP contribution >= 0.6 is 0 Å². The van der Waals surface area contributed by atoms with Gasteiger partial charge in [-0.25, -0.2) is 4.79 Å². The second-order valence-electron chi connectivity index (χ2n) is 4.39. The van der Waals surface area contributed by atoms with E-state index in [0.717, 1.165) is 0 Å². The Balaban J connectivity index is 2.50. The van der Waals surface area contributed by atoms with Crippen LogP contribution in [0.4, 0.5) is 5.69 Å². The zero-order valence-corrected chi connectivity index (χ0v) is 11.5. The molecule has 0 spiro atoms. The van der Waals surface area contributed by atoms with Gasteiger partial charge in [-0.1, -0.05) is 17.9 Å². The van der Waals surface area contributed by atoms with Crippen molar-refractivity contribution in [2.45, 2.75) is 0 Å². The fourth-order valence-corrected chi connectivity index (χ4v) is 1.95. The molecule has 0 bridgehead atoms. The lowest BCUT2D eigenvalue weighted by Gasteiger charge is -2.20. The molecule has 7 nitrogen and oxygen atoms in total. The van der Waals surface area contributed by atoms with Crippen LogP contribution in [-0.4, -0.2) is 29.8 Å². The lowest BCUT2D eigenvalue weighted by Crippen LogP contribution is -2.15. The van der Waals surface area contributed by atoms with E-state index < -0.39 is 17.4 Å². The summed E-state index contributed by atoms with van der Waals surface area (Å²) in [4.78, 5) is 22.3. The molecule has 114 valence electrons. The van der Waals surface area contributed by atoms with Gasteiger partial charge in [0.1, 0.15) is 6.29 Å². The molecule has 0 radical (unpaired) electrons. The van der Waals surface area contributed by atoms with E-state index in [1.54, 1.807) is 12.1 Å². The first kappa shape index (κ1) is 15.5. The van der Waals surface area contributed by atoms with Gasteiger partial charge in [-0.15, -0.1) is 5.23 Å². The Kier molecular flexibility index (Phi) is 4.40. The Bertz CT molecular complexity index is 709. The lowest BCUT2D eigenvalue weighted by molar-refractivity contribution is -0.268. The summed E-state index contributed by atoms with van der Waals surface area (Å²) < 4.78 is 4.59. The molecule has 0 aliphatic carbocycles. The molecule has 0 saturated heterocycles. The van der Waals surface area contributed by atoms with Crippen LogP contribution in [0.2, 0.25) is 0 Å². The molecule has 2 rings (SSSR count). The molecular formula is C15H12NO6-. The van der Waals surface area contributed by atoms with Gasteiger partial charge < -0.3 is 9.84 Å². The smallest absolute Gasteiger partial charge is 0.337 e. The van der Waals surface area contributed by atoms with Gasteiger partial charge in [0.05, 0.1) is 18.4 Å². The topological polar surface area (TPSA) is 110 Å². The summed E-state index contributed by atoms with van der Waals surface area (Å²) in [5.41, 5.74) is 0.683. The number of anilines is 1. The van der Waals surface area contributed by atoms with E-state index in [0.29, 0.717) is 23.0 Å². The Morgan fingerprint density at radius 2 is 1.82 bits per heavy atom. The maximum absolute atomic E-state index is 11.8. The van der Waals surface area contributed by atoms with Crippen molar-refractivity contribution < 1.29 is 29.8 Å². The Labute approximate surface area is 125 Å². The monoisotopic (exact) mass is 302 g/mol. The van der Waals surface area contributed by atoms with Crippen LogP contribution in [0.15, 0.2) is 36.4 Å². The number of rotatable bonds is 4. The minimum Gasteiger partial charge on any atom is -0.870 e. The van der Waals surface area contributed by atoms with Gasteiger partial charge in [0, 0.05) is 5.56 Å². The van der Waals surface area contributed by atoms with Crippen LogP contribution in [0.5, 0.6) is 5.75 Å². The van der Waals surface area contributed by atoms with E-state index in [4.69, 9.17) is 10.4 Å². The summed E-state index contributed by atoms with van der Waals surface area (Å²) in [7, 11) is 1.27. The summed E-state index contributed by atoms with van der Waals surface area (Å²) in [6.07, 6.45) is 0.335. The van der Waals surface area contributed by atoms with Crippen LogP contribution in [-0.2, 0) is 4.74 Å². The Morgan fingerprint density at radius 3 is 2.32 bits per heavy atom. The van der Waals surface area contributed by atoms with Gasteiger partial charge in [0.2, 0.25) is 0 Å². The van der Waals surface area contributed by atoms with E-state index in [9.17, 15) is 14.7 Å². The van der Waals surface area contributed by atoms with Crippen LogP contribution in [0.25, 0.3) is 11.1 Å². The summed E-state index contributed by atoms with van der Waals surface area (Å²) >= 11 is 0. The molecule has 0 atom stereocenters. The molecule has 2 aromatic carbocycles. The molecule has 0 aliphatic rings. The van der Waals surface area contributed by atoms with E-state index in [1.807, 2.05) is 0 Å². The zero-order valence-electron chi connectivity index (χ0n) is 11.5. The molecule has 0 aliphatic heterocycles. The molecule has 0 fully saturated rings. The standard InChI is InChI=1S/C15H13NO6/c1-22-15(19)10-4-2-9(3-5-10)11-6-12(8-17)14(18)13(7-11)16(20)21/h2-8,18,20-21H,1H3/p-1. The number of ether oxygens (including phenoxy) is 1. The highest BCUT2D eigenvalue weighted by Gasteiger charge is 2.10. The van der Waals surface area contributed by atoms with E-state index in [1.165, 1.54) is 31.4 Å². The molecule has 0 saturated carbocycles. The zero-order chi connectivity index (χ0) is 16.3. The number of esters is 1. The number of hydrogen-bond donors (Lipinski definition) is 2. The summed E-state index contributed by atoms with van der Waals surface area (Å²) in [6.45, 7) is 0. The third-order valence-corrected chi connectivity index (χ3v) is 3.08. The third-order valence-electron chi connectivity index (χ3n) is 3.08. The minimum atomic E-state index is -0.796. The van der Waals surface area contributed by atoms with Crippen molar-refractivity contribution in [3.8, 4) is 16.9 Å². The number of carbonyl (C=O) groups is 2. The van der Waals surface area contributed by atoms with Crippen molar-refractivity contribution in [2.75, 3.05) is 12.3 Å². The first-order chi connectivity index (χ1) is 10.5. The quantitative estimate of drug-likeness (QED) is 0.501. The fourth-order valence-electron chi connectivity index (χ4n) is 1.95. The van der Waals surface area contributed by atoms with Gasteiger partial charge in [0.15, 0.2) is 0 Å². The van der Waals surface area contributed by atoms with Crippen molar-refractivity contribution in [3.63, 3.8) is 0 Å². The molecule has 2 aromatic rings. The third kappa shape index (κ3) is 2.90. The van der Waals surface area contributed by atoms with Crippen LogP contribution in [0, 0.1) is 0 Å². The van der Waals surface area contributed by atoms with E-state index in [2.05, 4.69) is 4.74 Å². The lowest BCUT2D eigenvalue weighted by atomic mass is 10.0. The van der Waals surface area contributed by atoms with Gasteiger partial charge in [0.25, 0.3) is 0 Å². The Morgan fingerprint density at radius 1 is 1.18 bits per heavy atom. The van der Waals surface area contributed by atoms with Gasteiger partial charge >= 0.3 is 5.97 Å². The fraction of sp³-hybridized carbons (Fsp3) is 0.0667. The maximum Gasteiger partial charge on any atom is 0.337 e. The van der Waals surface area contributed by atoms with Gasteiger partial charge in [-0.3, -0.25) is 15.2 Å².